The molecule has 88 valence electrons. The molecule has 1 aliphatic heterocycles. The summed E-state index contributed by atoms with van der Waals surface area (Å²) in [6.45, 7) is 5.27. The minimum absolute atomic E-state index is 0.0894. The molecule has 16 heavy (non-hydrogen) atoms. The zero-order chi connectivity index (χ0) is 11.7. The summed E-state index contributed by atoms with van der Waals surface area (Å²) >= 11 is 0. The molecular weight excluding hydrogens is 210 g/mol. The second-order valence-electron chi connectivity index (χ2n) is 4.14. The number of morpholine rings is 1. The summed E-state index contributed by atoms with van der Waals surface area (Å²) in [6, 6.07) is 1.40. The van der Waals surface area contributed by atoms with Gasteiger partial charge >= 0.3 is 5.69 Å². The van der Waals surface area contributed by atoms with E-state index in [1.54, 1.807) is 0 Å². The lowest BCUT2D eigenvalue weighted by atomic mass is 10.2. The van der Waals surface area contributed by atoms with Crippen molar-refractivity contribution in [2.75, 3.05) is 18.0 Å². The van der Waals surface area contributed by atoms with E-state index in [1.165, 1.54) is 6.07 Å². The van der Waals surface area contributed by atoms with Gasteiger partial charge in [0.2, 0.25) is 0 Å². The molecule has 1 fully saturated rings. The van der Waals surface area contributed by atoms with Crippen LogP contribution in [-0.2, 0) is 4.74 Å². The fourth-order valence-electron chi connectivity index (χ4n) is 2.00. The van der Waals surface area contributed by atoms with Crippen molar-refractivity contribution in [2.24, 2.45) is 0 Å². The van der Waals surface area contributed by atoms with Crippen molar-refractivity contribution in [3.8, 4) is 0 Å². The first kappa shape index (κ1) is 10.9. The van der Waals surface area contributed by atoms with Crippen molar-refractivity contribution in [1.29, 1.82) is 0 Å². The average molecular weight is 225 g/mol. The molecule has 0 saturated carbocycles. The van der Waals surface area contributed by atoms with E-state index in [4.69, 9.17) is 4.74 Å². The Hall–Kier alpha value is -1.56. The third kappa shape index (κ3) is 2.33. The standard InChI is InChI=1S/C10H15N3O3/c1-6-4-13(5-7(2)16-6)8-3-9(14)12-10(15)11-8/h3,6-7H,4-5H2,1-2H3,(H2,11,12,14,15). The van der Waals surface area contributed by atoms with Gasteiger partial charge in [-0.25, -0.2) is 4.79 Å². The van der Waals surface area contributed by atoms with E-state index < -0.39 is 5.69 Å². The van der Waals surface area contributed by atoms with Crippen molar-refractivity contribution in [3.63, 3.8) is 0 Å². The molecule has 2 heterocycles. The number of ether oxygens (including phenoxy) is 1. The molecule has 0 aromatic carbocycles. The highest BCUT2D eigenvalue weighted by molar-refractivity contribution is 5.37. The summed E-state index contributed by atoms with van der Waals surface area (Å²) in [5.41, 5.74) is -0.861. The van der Waals surface area contributed by atoms with Gasteiger partial charge in [-0.1, -0.05) is 0 Å². The Kier molecular flexibility index (Phi) is 2.82. The zero-order valence-electron chi connectivity index (χ0n) is 9.32. The Morgan fingerprint density at radius 2 is 1.88 bits per heavy atom. The highest BCUT2D eigenvalue weighted by Gasteiger charge is 2.23. The topological polar surface area (TPSA) is 78.2 Å². The first-order valence-corrected chi connectivity index (χ1v) is 5.28. The predicted molar refractivity (Wildman–Crippen MR) is 59.9 cm³/mol. The Balaban J connectivity index is 2.29. The van der Waals surface area contributed by atoms with E-state index in [2.05, 4.69) is 9.97 Å². The number of nitrogens with one attached hydrogen (secondary N) is 2. The molecule has 0 aliphatic carbocycles. The van der Waals surface area contributed by atoms with E-state index in [1.807, 2.05) is 18.7 Å². The summed E-state index contributed by atoms with van der Waals surface area (Å²) in [5, 5.41) is 0. The lowest BCUT2D eigenvalue weighted by Crippen LogP contribution is -2.46. The van der Waals surface area contributed by atoms with E-state index in [9.17, 15) is 9.59 Å². The molecule has 1 saturated heterocycles. The van der Waals surface area contributed by atoms with Gasteiger partial charge in [-0.15, -0.1) is 0 Å². The number of H-pyrrole nitrogens is 2. The summed E-state index contributed by atoms with van der Waals surface area (Å²) in [7, 11) is 0. The molecule has 6 nitrogen and oxygen atoms in total. The SMILES string of the molecule is CC1CN(c2cc(=O)[nH]c(=O)[nH]2)CC(C)O1. The van der Waals surface area contributed by atoms with Gasteiger partial charge in [0.25, 0.3) is 5.56 Å². The van der Waals surface area contributed by atoms with Gasteiger partial charge in [0, 0.05) is 19.2 Å². The maximum atomic E-state index is 11.2. The number of rotatable bonds is 1. The lowest BCUT2D eigenvalue weighted by molar-refractivity contribution is -0.00548. The van der Waals surface area contributed by atoms with Gasteiger partial charge in [-0.2, -0.15) is 0 Å². The molecule has 0 spiro atoms. The summed E-state index contributed by atoms with van der Waals surface area (Å²) in [6.07, 6.45) is 0.179. The number of hydrogen-bond donors (Lipinski definition) is 2. The van der Waals surface area contributed by atoms with Gasteiger partial charge in [0.1, 0.15) is 5.82 Å². The van der Waals surface area contributed by atoms with Crippen molar-refractivity contribution in [3.05, 3.63) is 26.9 Å². The Morgan fingerprint density at radius 3 is 2.44 bits per heavy atom. The van der Waals surface area contributed by atoms with Crippen molar-refractivity contribution in [2.45, 2.75) is 26.1 Å². The summed E-state index contributed by atoms with van der Waals surface area (Å²) < 4.78 is 5.58. The van der Waals surface area contributed by atoms with E-state index in [-0.39, 0.29) is 17.8 Å². The van der Waals surface area contributed by atoms with Crippen LogP contribution in [0.5, 0.6) is 0 Å². The van der Waals surface area contributed by atoms with Crippen LogP contribution < -0.4 is 16.1 Å². The normalized spacial score (nSPS) is 25.8. The van der Waals surface area contributed by atoms with Crippen molar-refractivity contribution < 1.29 is 4.74 Å². The van der Waals surface area contributed by atoms with Crippen LogP contribution in [0, 0.1) is 0 Å². The first-order valence-electron chi connectivity index (χ1n) is 5.28. The Bertz CT molecular complexity index is 440. The molecule has 1 aliphatic rings. The van der Waals surface area contributed by atoms with Crippen LogP contribution in [0.25, 0.3) is 0 Å². The smallest absolute Gasteiger partial charge is 0.327 e. The van der Waals surface area contributed by atoms with Crippen LogP contribution in [0.2, 0.25) is 0 Å². The van der Waals surface area contributed by atoms with Crippen LogP contribution in [-0.4, -0.2) is 35.3 Å². The average Bonchev–Trinajstić information content (AvgIpc) is 2.14. The van der Waals surface area contributed by atoms with Crippen molar-refractivity contribution in [1.82, 2.24) is 9.97 Å². The maximum absolute atomic E-state index is 11.2. The van der Waals surface area contributed by atoms with Gasteiger partial charge in [0.15, 0.2) is 0 Å². The summed E-state index contributed by atoms with van der Waals surface area (Å²) in [4.78, 5) is 29.1. The van der Waals surface area contributed by atoms with Crippen LogP contribution in [0.3, 0.4) is 0 Å². The highest BCUT2D eigenvalue weighted by Crippen LogP contribution is 2.15. The molecule has 1 aromatic heterocycles. The molecule has 2 rings (SSSR count). The fraction of sp³-hybridized carbons (Fsp3) is 0.600. The highest BCUT2D eigenvalue weighted by atomic mass is 16.5. The van der Waals surface area contributed by atoms with Gasteiger partial charge < -0.3 is 9.64 Å². The van der Waals surface area contributed by atoms with E-state index in [0.29, 0.717) is 18.9 Å². The third-order valence-corrected chi connectivity index (χ3v) is 2.51. The maximum Gasteiger partial charge on any atom is 0.327 e. The number of hydrogen-bond acceptors (Lipinski definition) is 4. The van der Waals surface area contributed by atoms with Crippen LogP contribution in [0.1, 0.15) is 13.8 Å². The molecule has 6 heteroatoms. The molecule has 1 aromatic rings. The number of aromatic nitrogens is 2. The predicted octanol–water partition coefficient (Wildman–Crippen LogP) is -0.323. The third-order valence-electron chi connectivity index (χ3n) is 2.51. The minimum atomic E-state index is -0.478. The van der Waals surface area contributed by atoms with Crippen LogP contribution in [0.4, 0.5) is 5.82 Å². The molecular formula is C10H15N3O3. The lowest BCUT2D eigenvalue weighted by Gasteiger charge is -2.36. The van der Waals surface area contributed by atoms with Gasteiger partial charge in [-0.05, 0) is 13.8 Å². The number of nitrogens with zero attached hydrogens (tertiary/aromatic N) is 1. The fourth-order valence-corrected chi connectivity index (χ4v) is 2.00. The second-order valence-corrected chi connectivity index (χ2v) is 4.14. The minimum Gasteiger partial charge on any atom is -0.372 e. The molecule has 2 atom stereocenters. The first-order chi connectivity index (χ1) is 7.54. The Labute approximate surface area is 92.3 Å². The molecule has 2 unspecified atom stereocenters. The quantitative estimate of drug-likeness (QED) is 0.686. The molecule has 0 amide bonds. The zero-order valence-corrected chi connectivity index (χ0v) is 9.32. The van der Waals surface area contributed by atoms with Gasteiger partial charge in [-0.3, -0.25) is 14.8 Å². The second kappa shape index (κ2) is 4.13. The molecule has 0 radical (unpaired) electrons. The largest absolute Gasteiger partial charge is 0.372 e. The molecule has 0 bridgehead atoms. The van der Waals surface area contributed by atoms with E-state index >= 15 is 0 Å². The van der Waals surface area contributed by atoms with Crippen molar-refractivity contribution >= 4 is 5.82 Å². The number of aromatic amines is 2. The Morgan fingerprint density at radius 1 is 1.25 bits per heavy atom. The molecule has 2 N–H and O–H groups in total. The summed E-state index contributed by atoms with van der Waals surface area (Å²) in [5.74, 6) is 0.552. The van der Waals surface area contributed by atoms with Gasteiger partial charge in [0.05, 0.1) is 12.2 Å². The monoisotopic (exact) mass is 225 g/mol. The van der Waals surface area contributed by atoms with Crippen LogP contribution in [0.15, 0.2) is 15.7 Å². The van der Waals surface area contributed by atoms with Crippen LogP contribution >= 0.6 is 0 Å². The number of anilines is 1. The van der Waals surface area contributed by atoms with E-state index in [0.717, 1.165) is 0 Å².